The van der Waals surface area contributed by atoms with Gasteiger partial charge >= 0.3 is 0 Å². The Morgan fingerprint density at radius 2 is 2.06 bits per heavy atom. The fourth-order valence-corrected chi connectivity index (χ4v) is 2.20. The van der Waals surface area contributed by atoms with E-state index in [2.05, 4.69) is 46.8 Å². The summed E-state index contributed by atoms with van der Waals surface area (Å²) in [5.74, 6) is 0. The van der Waals surface area contributed by atoms with Gasteiger partial charge in [-0.25, -0.2) is 9.50 Å². The number of hydrogen-bond acceptors (Lipinski definition) is 3. The van der Waals surface area contributed by atoms with Gasteiger partial charge in [0.15, 0.2) is 5.65 Å². The number of nitrogens with two attached hydrogens (primary N) is 1. The second-order valence-corrected chi connectivity index (χ2v) is 5.88. The first-order valence-electron chi connectivity index (χ1n) is 5.68. The molecule has 5 heteroatoms. The van der Waals surface area contributed by atoms with Crippen molar-refractivity contribution in [2.24, 2.45) is 5.73 Å². The Morgan fingerprint density at radius 1 is 1.35 bits per heavy atom. The van der Waals surface area contributed by atoms with Crippen molar-refractivity contribution >= 4 is 21.6 Å². The quantitative estimate of drug-likeness (QED) is 0.925. The Labute approximate surface area is 109 Å². The van der Waals surface area contributed by atoms with Crippen molar-refractivity contribution in [3.05, 3.63) is 28.1 Å². The van der Waals surface area contributed by atoms with E-state index in [-0.39, 0.29) is 5.41 Å². The van der Waals surface area contributed by atoms with Crippen molar-refractivity contribution in [1.82, 2.24) is 14.6 Å². The summed E-state index contributed by atoms with van der Waals surface area (Å²) in [4.78, 5) is 4.50. The topological polar surface area (TPSA) is 56.2 Å². The average molecular weight is 297 g/mol. The SMILES string of the molecule is CC(C)(C)c1ccc2nc(CCN)c(Br)n2n1. The third-order valence-electron chi connectivity index (χ3n) is 2.64. The molecule has 2 N–H and O–H groups in total. The van der Waals surface area contributed by atoms with Gasteiger partial charge in [-0.05, 0) is 34.6 Å². The van der Waals surface area contributed by atoms with E-state index in [4.69, 9.17) is 5.73 Å². The molecule has 17 heavy (non-hydrogen) atoms. The molecule has 0 aromatic carbocycles. The molecule has 92 valence electrons. The van der Waals surface area contributed by atoms with E-state index in [9.17, 15) is 0 Å². The average Bonchev–Trinajstić information content (AvgIpc) is 2.55. The van der Waals surface area contributed by atoms with E-state index in [1.165, 1.54) is 0 Å². The van der Waals surface area contributed by atoms with Gasteiger partial charge in [0.1, 0.15) is 4.60 Å². The van der Waals surface area contributed by atoms with Crippen molar-refractivity contribution in [2.45, 2.75) is 32.6 Å². The second-order valence-electron chi connectivity index (χ2n) is 5.13. The number of hydrogen-bond donors (Lipinski definition) is 1. The van der Waals surface area contributed by atoms with Crippen LogP contribution in [0.15, 0.2) is 16.7 Å². The summed E-state index contributed by atoms with van der Waals surface area (Å²) in [6.07, 6.45) is 0.759. The number of fused-ring (bicyclic) bond motifs is 1. The van der Waals surface area contributed by atoms with Gasteiger partial charge in [0.2, 0.25) is 0 Å². The van der Waals surface area contributed by atoms with Crippen LogP contribution in [0.5, 0.6) is 0 Å². The minimum absolute atomic E-state index is 0.0337. The van der Waals surface area contributed by atoms with Gasteiger partial charge in [0.25, 0.3) is 0 Å². The molecule has 0 bridgehead atoms. The van der Waals surface area contributed by atoms with Gasteiger partial charge < -0.3 is 5.73 Å². The summed E-state index contributed by atoms with van der Waals surface area (Å²) in [6, 6.07) is 4.03. The van der Waals surface area contributed by atoms with Crippen molar-refractivity contribution < 1.29 is 0 Å². The van der Waals surface area contributed by atoms with Crippen LogP contribution in [0.3, 0.4) is 0 Å². The molecule has 0 fully saturated rings. The summed E-state index contributed by atoms with van der Waals surface area (Å²) < 4.78 is 2.75. The van der Waals surface area contributed by atoms with Gasteiger partial charge in [-0.1, -0.05) is 20.8 Å². The smallest absolute Gasteiger partial charge is 0.155 e. The molecule has 0 radical (unpaired) electrons. The van der Waals surface area contributed by atoms with Crippen LogP contribution in [0.25, 0.3) is 5.65 Å². The zero-order valence-corrected chi connectivity index (χ0v) is 12.0. The molecular formula is C12H17BrN4. The summed E-state index contributed by atoms with van der Waals surface area (Å²) in [5, 5.41) is 4.62. The van der Waals surface area contributed by atoms with Gasteiger partial charge in [-0.3, -0.25) is 0 Å². The number of nitrogens with zero attached hydrogens (tertiary/aromatic N) is 3. The molecular weight excluding hydrogens is 280 g/mol. The highest BCUT2D eigenvalue weighted by Crippen LogP contribution is 2.23. The summed E-state index contributed by atoms with van der Waals surface area (Å²) in [6.45, 7) is 7.03. The van der Waals surface area contributed by atoms with Crippen molar-refractivity contribution in [3.63, 3.8) is 0 Å². The minimum Gasteiger partial charge on any atom is -0.330 e. The van der Waals surface area contributed by atoms with Crippen LogP contribution in [0.1, 0.15) is 32.2 Å². The molecule has 2 aromatic heterocycles. The van der Waals surface area contributed by atoms with Crippen LogP contribution in [-0.2, 0) is 11.8 Å². The van der Waals surface area contributed by atoms with Crippen LogP contribution < -0.4 is 5.73 Å². The van der Waals surface area contributed by atoms with E-state index in [1.807, 2.05) is 16.6 Å². The molecule has 0 atom stereocenters. The van der Waals surface area contributed by atoms with Gasteiger partial charge in [0, 0.05) is 11.8 Å². The molecule has 0 amide bonds. The third-order valence-corrected chi connectivity index (χ3v) is 3.43. The van der Waals surface area contributed by atoms with E-state index >= 15 is 0 Å². The molecule has 2 aromatic rings. The molecule has 0 saturated carbocycles. The maximum Gasteiger partial charge on any atom is 0.155 e. The standard InChI is InChI=1S/C12H17BrN4/c1-12(2,3)9-4-5-10-15-8(6-7-14)11(13)17(10)16-9/h4-5H,6-7,14H2,1-3H3. The Kier molecular flexibility index (Phi) is 3.23. The molecule has 2 rings (SSSR count). The van der Waals surface area contributed by atoms with Crippen LogP contribution >= 0.6 is 15.9 Å². The lowest BCUT2D eigenvalue weighted by Crippen LogP contribution is -2.15. The zero-order chi connectivity index (χ0) is 12.6. The first-order chi connectivity index (χ1) is 7.93. The highest BCUT2D eigenvalue weighted by molar-refractivity contribution is 9.10. The predicted octanol–water partition coefficient (Wildman–Crippen LogP) is 2.29. The lowest BCUT2D eigenvalue weighted by Gasteiger charge is -2.17. The van der Waals surface area contributed by atoms with E-state index < -0.39 is 0 Å². The molecule has 2 heterocycles. The Morgan fingerprint density at radius 3 is 2.65 bits per heavy atom. The lowest BCUT2D eigenvalue weighted by atomic mass is 9.92. The molecule has 0 aliphatic rings. The van der Waals surface area contributed by atoms with Crippen LogP contribution in [0, 0.1) is 0 Å². The monoisotopic (exact) mass is 296 g/mol. The Hall–Kier alpha value is -0.940. The maximum absolute atomic E-state index is 5.56. The number of rotatable bonds is 2. The highest BCUT2D eigenvalue weighted by atomic mass is 79.9. The van der Waals surface area contributed by atoms with E-state index in [1.54, 1.807) is 0 Å². The second kappa shape index (κ2) is 4.38. The fourth-order valence-electron chi connectivity index (χ4n) is 1.65. The molecule has 0 spiro atoms. The lowest BCUT2D eigenvalue weighted by molar-refractivity contribution is 0.553. The molecule has 0 aliphatic carbocycles. The largest absolute Gasteiger partial charge is 0.330 e. The Balaban J connectivity index is 2.57. The summed E-state index contributed by atoms with van der Waals surface area (Å²) in [5.41, 5.74) is 8.46. The van der Waals surface area contributed by atoms with Gasteiger partial charge in [-0.2, -0.15) is 5.10 Å². The minimum atomic E-state index is 0.0337. The van der Waals surface area contributed by atoms with Crippen molar-refractivity contribution in [3.8, 4) is 0 Å². The maximum atomic E-state index is 5.56. The predicted molar refractivity (Wildman–Crippen MR) is 72.1 cm³/mol. The van der Waals surface area contributed by atoms with E-state index in [0.29, 0.717) is 6.54 Å². The van der Waals surface area contributed by atoms with Gasteiger partial charge in [-0.15, -0.1) is 0 Å². The number of imidazole rings is 1. The number of aromatic nitrogens is 3. The third kappa shape index (κ3) is 2.35. The zero-order valence-electron chi connectivity index (χ0n) is 10.4. The Bertz CT molecular complexity index is 539. The summed E-state index contributed by atoms with van der Waals surface area (Å²) >= 11 is 3.54. The molecule has 0 unspecified atom stereocenters. The van der Waals surface area contributed by atoms with E-state index in [0.717, 1.165) is 28.1 Å². The highest BCUT2D eigenvalue weighted by Gasteiger charge is 2.18. The molecule has 0 aliphatic heterocycles. The van der Waals surface area contributed by atoms with Crippen LogP contribution in [0.4, 0.5) is 0 Å². The number of halogens is 1. The normalized spacial score (nSPS) is 12.3. The first-order valence-corrected chi connectivity index (χ1v) is 6.47. The first kappa shape index (κ1) is 12.5. The fraction of sp³-hybridized carbons (Fsp3) is 0.500. The van der Waals surface area contributed by atoms with Crippen LogP contribution in [0.2, 0.25) is 0 Å². The summed E-state index contributed by atoms with van der Waals surface area (Å²) in [7, 11) is 0. The van der Waals surface area contributed by atoms with Crippen LogP contribution in [-0.4, -0.2) is 21.1 Å². The van der Waals surface area contributed by atoms with Crippen molar-refractivity contribution in [2.75, 3.05) is 6.54 Å². The van der Waals surface area contributed by atoms with Crippen molar-refractivity contribution in [1.29, 1.82) is 0 Å². The molecule has 0 saturated heterocycles. The van der Waals surface area contributed by atoms with Gasteiger partial charge in [0.05, 0.1) is 11.4 Å². The molecule has 4 nitrogen and oxygen atoms in total.